The fourth-order valence-corrected chi connectivity index (χ4v) is 1.70. The first-order chi connectivity index (χ1) is 10.1. The Morgan fingerprint density at radius 2 is 2.00 bits per heavy atom. The summed E-state index contributed by atoms with van der Waals surface area (Å²) >= 11 is 5.76. The number of nitrogens with zero attached hydrogens (tertiary/aromatic N) is 2. The summed E-state index contributed by atoms with van der Waals surface area (Å²) in [6.07, 6.45) is 0. The summed E-state index contributed by atoms with van der Waals surface area (Å²) in [5, 5.41) is 7.15. The Morgan fingerprint density at radius 1 is 1.29 bits per heavy atom. The van der Waals surface area contributed by atoms with Gasteiger partial charge in [-0.1, -0.05) is 11.6 Å². The van der Waals surface area contributed by atoms with E-state index in [-0.39, 0.29) is 17.2 Å². The number of rotatable bonds is 5. The number of halogens is 1. The highest BCUT2D eigenvalue weighted by atomic mass is 35.5. The van der Waals surface area contributed by atoms with Crippen LogP contribution in [0.2, 0.25) is 5.02 Å². The number of amides is 1. The number of hydrogen-bond donors (Lipinski definition) is 1. The summed E-state index contributed by atoms with van der Waals surface area (Å²) < 4.78 is 6.55. The molecule has 2 rings (SSSR count). The Kier molecular flexibility index (Phi) is 4.94. The Balaban J connectivity index is 1.80. The third kappa shape index (κ3) is 4.32. The first kappa shape index (κ1) is 15.1. The maximum atomic E-state index is 11.8. The second-order valence-corrected chi connectivity index (χ2v) is 4.68. The van der Waals surface area contributed by atoms with Crippen molar-refractivity contribution in [1.82, 2.24) is 15.1 Å². The molecular formula is C14H14ClN3O3. The molecule has 21 heavy (non-hydrogen) atoms. The third-order valence-electron chi connectivity index (χ3n) is 2.66. The molecule has 0 fully saturated rings. The number of carbonyl (C=O) groups is 1. The molecule has 0 saturated carbocycles. The van der Waals surface area contributed by atoms with Crippen molar-refractivity contribution in [3.05, 3.63) is 57.5 Å². The average molecular weight is 308 g/mol. The topological polar surface area (TPSA) is 73.2 Å². The van der Waals surface area contributed by atoms with Crippen molar-refractivity contribution in [3.63, 3.8) is 0 Å². The van der Waals surface area contributed by atoms with Crippen LogP contribution in [-0.4, -0.2) is 28.8 Å². The van der Waals surface area contributed by atoms with Crippen molar-refractivity contribution >= 4 is 17.5 Å². The maximum Gasteiger partial charge on any atom is 0.271 e. The van der Waals surface area contributed by atoms with Gasteiger partial charge in [0.2, 0.25) is 0 Å². The number of hydrogen-bond acceptors (Lipinski definition) is 4. The van der Waals surface area contributed by atoms with Crippen molar-refractivity contribution in [2.75, 3.05) is 13.2 Å². The van der Waals surface area contributed by atoms with Gasteiger partial charge in [0, 0.05) is 18.1 Å². The van der Waals surface area contributed by atoms with Gasteiger partial charge in [-0.25, -0.2) is 4.68 Å². The lowest BCUT2D eigenvalue weighted by atomic mass is 10.3. The van der Waals surface area contributed by atoms with Crippen LogP contribution in [0.1, 0.15) is 10.5 Å². The maximum absolute atomic E-state index is 11.8. The third-order valence-corrected chi connectivity index (χ3v) is 2.92. The van der Waals surface area contributed by atoms with Crippen molar-refractivity contribution in [1.29, 1.82) is 0 Å². The fraction of sp³-hybridized carbons (Fsp3) is 0.214. The summed E-state index contributed by atoms with van der Waals surface area (Å²) in [4.78, 5) is 23.0. The highest BCUT2D eigenvalue weighted by Gasteiger charge is 2.07. The number of carbonyl (C=O) groups excluding carboxylic acids is 1. The molecule has 0 atom stereocenters. The second-order valence-electron chi connectivity index (χ2n) is 4.24. The summed E-state index contributed by atoms with van der Waals surface area (Å²) in [6.45, 7) is 0.644. The van der Waals surface area contributed by atoms with Crippen LogP contribution in [-0.2, 0) is 7.05 Å². The quantitative estimate of drug-likeness (QED) is 0.844. The van der Waals surface area contributed by atoms with E-state index in [4.69, 9.17) is 16.3 Å². The zero-order valence-corrected chi connectivity index (χ0v) is 12.1. The molecular weight excluding hydrogens is 294 g/mol. The van der Waals surface area contributed by atoms with Crippen molar-refractivity contribution in [3.8, 4) is 5.75 Å². The van der Waals surface area contributed by atoms with Crippen LogP contribution in [0.5, 0.6) is 5.75 Å². The van der Waals surface area contributed by atoms with E-state index in [1.165, 1.54) is 19.2 Å². The molecule has 0 unspecified atom stereocenters. The van der Waals surface area contributed by atoms with Crippen LogP contribution in [0.15, 0.2) is 41.2 Å². The molecule has 110 valence electrons. The summed E-state index contributed by atoms with van der Waals surface area (Å²) in [7, 11) is 1.49. The molecule has 0 spiro atoms. The summed E-state index contributed by atoms with van der Waals surface area (Å²) in [5.41, 5.74) is -0.0822. The Bertz CT molecular complexity index is 683. The first-order valence-corrected chi connectivity index (χ1v) is 6.65. The van der Waals surface area contributed by atoms with Crippen LogP contribution in [0.25, 0.3) is 0 Å². The zero-order chi connectivity index (χ0) is 15.2. The van der Waals surface area contributed by atoms with Gasteiger partial charge < -0.3 is 10.1 Å². The predicted molar refractivity (Wildman–Crippen MR) is 78.8 cm³/mol. The molecule has 1 heterocycles. The summed E-state index contributed by atoms with van der Waals surface area (Å²) in [5.74, 6) is 0.319. The van der Waals surface area contributed by atoms with Crippen molar-refractivity contribution in [2.45, 2.75) is 0 Å². The molecule has 2 aromatic rings. The number of ether oxygens (including phenoxy) is 1. The smallest absolute Gasteiger partial charge is 0.271 e. The highest BCUT2D eigenvalue weighted by molar-refractivity contribution is 6.30. The molecule has 0 aliphatic carbocycles. The molecule has 0 saturated heterocycles. The lowest BCUT2D eigenvalue weighted by molar-refractivity contribution is 0.0939. The van der Waals surface area contributed by atoms with Gasteiger partial charge in [-0.2, -0.15) is 5.10 Å². The van der Waals surface area contributed by atoms with E-state index in [9.17, 15) is 9.59 Å². The van der Waals surface area contributed by atoms with E-state index in [0.29, 0.717) is 23.9 Å². The molecule has 0 aliphatic heterocycles. The van der Waals surface area contributed by atoms with Gasteiger partial charge in [-0.05, 0) is 30.3 Å². The molecule has 6 nitrogen and oxygen atoms in total. The number of benzene rings is 1. The highest BCUT2D eigenvalue weighted by Crippen LogP contribution is 2.15. The minimum Gasteiger partial charge on any atom is -0.492 e. The molecule has 1 aromatic carbocycles. The van der Waals surface area contributed by atoms with Crippen LogP contribution >= 0.6 is 11.6 Å². The molecule has 0 bridgehead atoms. The molecule has 1 N–H and O–H groups in total. The number of aryl methyl sites for hydroxylation is 1. The monoisotopic (exact) mass is 307 g/mol. The predicted octanol–water partition coefficient (Wildman–Crippen LogP) is 1.24. The first-order valence-electron chi connectivity index (χ1n) is 6.27. The number of nitrogens with one attached hydrogen (secondary N) is 1. The van der Waals surface area contributed by atoms with Gasteiger partial charge in [0.05, 0.1) is 6.54 Å². The Labute approximate surface area is 126 Å². The van der Waals surface area contributed by atoms with Crippen LogP contribution < -0.4 is 15.6 Å². The van der Waals surface area contributed by atoms with Gasteiger partial charge in [-0.15, -0.1) is 0 Å². The zero-order valence-electron chi connectivity index (χ0n) is 11.4. The van der Waals surface area contributed by atoms with Crippen LogP contribution in [0, 0.1) is 0 Å². The normalized spacial score (nSPS) is 10.2. The van der Waals surface area contributed by atoms with Gasteiger partial charge in [0.15, 0.2) is 0 Å². The molecule has 0 radical (unpaired) electrons. The molecule has 7 heteroatoms. The van der Waals surface area contributed by atoms with Gasteiger partial charge in [0.25, 0.3) is 11.5 Å². The SMILES string of the molecule is Cn1nc(C(=O)NCCOc2ccc(Cl)cc2)ccc1=O. The van der Waals surface area contributed by atoms with Gasteiger partial charge in [-0.3, -0.25) is 9.59 Å². The minimum atomic E-state index is -0.356. The standard InChI is InChI=1S/C14H14ClN3O3/c1-18-13(19)7-6-12(17-18)14(20)16-8-9-21-11-4-2-10(15)3-5-11/h2-7H,8-9H2,1H3,(H,16,20). The van der Waals surface area contributed by atoms with Crippen molar-refractivity contribution < 1.29 is 9.53 Å². The average Bonchev–Trinajstić information content (AvgIpc) is 2.48. The molecule has 0 aliphatic rings. The van der Waals surface area contributed by atoms with Crippen molar-refractivity contribution in [2.24, 2.45) is 7.05 Å². The van der Waals surface area contributed by atoms with Crippen LogP contribution in [0.4, 0.5) is 0 Å². The van der Waals surface area contributed by atoms with E-state index >= 15 is 0 Å². The van der Waals surface area contributed by atoms with E-state index in [1.54, 1.807) is 24.3 Å². The minimum absolute atomic E-state index is 0.184. The van der Waals surface area contributed by atoms with Gasteiger partial charge in [0.1, 0.15) is 18.1 Å². The van der Waals surface area contributed by atoms with Crippen LogP contribution in [0.3, 0.4) is 0 Å². The Hall–Kier alpha value is -2.34. The summed E-state index contributed by atoms with van der Waals surface area (Å²) in [6, 6.07) is 9.63. The Morgan fingerprint density at radius 3 is 2.67 bits per heavy atom. The largest absolute Gasteiger partial charge is 0.492 e. The lowest BCUT2D eigenvalue weighted by Gasteiger charge is -2.07. The lowest BCUT2D eigenvalue weighted by Crippen LogP contribution is -2.31. The van der Waals surface area contributed by atoms with E-state index < -0.39 is 0 Å². The number of aromatic nitrogens is 2. The molecule has 1 aromatic heterocycles. The van der Waals surface area contributed by atoms with E-state index in [2.05, 4.69) is 10.4 Å². The van der Waals surface area contributed by atoms with E-state index in [0.717, 1.165) is 4.68 Å². The molecule has 1 amide bonds. The van der Waals surface area contributed by atoms with Gasteiger partial charge >= 0.3 is 0 Å². The second kappa shape index (κ2) is 6.90. The fourth-order valence-electron chi connectivity index (χ4n) is 1.58. The van der Waals surface area contributed by atoms with E-state index in [1.807, 2.05) is 0 Å².